The standard InChI is InChI=1S/C21H28FN3O3/c1-21(2)11-24(7-6-16(21)23)18-15(22)9-12-8-13(20(26)27)10-25(14-4-5-14)17(12)19(18)28-3/h8-9,14,16H,4-7,10-11,23H2,1-3H3,(H,26,27). The van der Waals surface area contributed by atoms with Gasteiger partial charge in [0.1, 0.15) is 5.69 Å². The van der Waals surface area contributed by atoms with Gasteiger partial charge in [-0.2, -0.15) is 0 Å². The highest BCUT2D eigenvalue weighted by Gasteiger charge is 2.40. The van der Waals surface area contributed by atoms with Crippen LogP contribution in [0.1, 0.15) is 38.7 Å². The predicted molar refractivity (Wildman–Crippen MR) is 108 cm³/mol. The molecular formula is C21H28FN3O3. The van der Waals surface area contributed by atoms with Gasteiger partial charge in [-0.05, 0) is 36.8 Å². The molecule has 1 atom stereocenters. The maximum absolute atomic E-state index is 15.3. The molecule has 3 N–H and O–H groups in total. The number of nitrogens with two attached hydrogens (primary N) is 1. The van der Waals surface area contributed by atoms with Gasteiger partial charge < -0.3 is 25.4 Å². The highest BCUT2D eigenvalue weighted by atomic mass is 19.1. The molecular weight excluding hydrogens is 361 g/mol. The number of benzene rings is 1. The van der Waals surface area contributed by atoms with Gasteiger partial charge in [-0.3, -0.25) is 0 Å². The molecule has 7 heteroatoms. The van der Waals surface area contributed by atoms with Gasteiger partial charge in [-0.1, -0.05) is 13.8 Å². The fourth-order valence-electron chi connectivity index (χ4n) is 4.41. The Labute approximate surface area is 164 Å². The van der Waals surface area contributed by atoms with E-state index in [0.717, 1.165) is 24.9 Å². The molecule has 3 aliphatic rings. The summed E-state index contributed by atoms with van der Waals surface area (Å²) in [7, 11) is 1.56. The molecule has 1 aliphatic carbocycles. The van der Waals surface area contributed by atoms with E-state index < -0.39 is 5.97 Å². The van der Waals surface area contributed by atoms with Gasteiger partial charge in [0.2, 0.25) is 0 Å². The topological polar surface area (TPSA) is 79.0 Å². The van der Waals surface area contributed by atoms with Crippen molar-refractivity contribution >= 4 is 23.4 Å². The highest BCUT2D eigenvalue weighted by Crippen LogP contribution is 2.49. The summed E-state index contributed by atoms with van der Waals surface area (Å²) in [5, 5.41) is 9.48. The van der Waals surface area contributed by atoms with Gasteiger partial charge in [0.25, 0.3) is 0 Å². The second kappa shape index (κ2) is 6.65. The third kappa shape index (κ3) is 3.11. The van der Waals surface area contributed by atoms with Gasteiger partial charge in [0.05, 0.1) is 24.9 Å². The fraction of sp³-hybridized carbons (Fsp3) is 0.571. The van der Waals surface area contributed by atoms with E-state index in [0.29, 0.717) is 36.6 Å². The molecule has 2 heterocycles. The Kier molecular flexibility index (Phi) is 4.53. The summed E-state index contributed by atoms with van der Waals surface area (Å²) in [6, 6.07) is 1.80. The van der Waals surface area contributed by atoms with Crippen LogP contribution < -0.4 is 20.3 Å². The van der Waals surface area contributed by atoms with Crippen molar-refractivity contribution in [1.29, 1.82) is 0 Å². The van der Waals surface area contributed by atoms with Crippen molar-refractivity contribution < 1.29 is 19.0 Å². The van der Waals surface area contributed by atoms with E-state index in [9.17, 15) is 9.90 Å². The monoisotopic (exact) mass is 389 g/mol. The number of hydrogen-bond acceptors (Lipinski definition) is 5. The lowest BCUT2D eigenvalue weighted by Crippen LogP contribution is -2.52. The Morgan fingerprint density at radius 2 is 2.04 bits per heavy atom. The zero-order valence-corrected chi connectivity index (χ0v) is 16.7. The van der Waals surface area contributed by atoms with Crippen LogP contribution >= 0.6 is 0 Å². The fourth-order valence-corrected chi connectivity index (χ4v) is 4.41. The van der Waals surface area contributed by atoms with Crippen LogP contribution in [0, 0.1) is 11.2 Å². The molecule has 2 fully saturated rings. The number of rotatable bonds is 4. The summed E-state index contributed by atoms with van der Waals surface area (Å²) < 4.78 is 21.0. The lowest BCUT2D eigenvalue weighted by Gasteiger charge is -2.44. The maximum atomic E-state index is 15.3. The zero-order valence-electron chi connectivity index (χ0n) is 16.7. The first-order valence-corrected chi connectivity index (χ1v) is 9.84. The molecule has 6 nitrogen and oxygen atoms in total. The largest absolute Gasteiger partial charge is 0.492 e. The number of piperidine rings is 1. The number of nitrogens with zero attached hydrogens (tertiary/aromatic N) is 2. The van der Waals surface area contributed by atoms with Gasteiger partial charge in [0.15, 0.2) is 11.6 Å². The van der Waals surface area contributed by atoms with Gasteiger partial charge >= 0.3 is 5.97 Å². The van der Waals surface area contributed by atoms with Crippen molar-refractivity contribution in [2.24, 2.45) is 11.1 Å². The molecule has 0 amide bonds. The average Bonchev–Trinajstić information content (AvgIpc) is 3.46. The molecule has 152 valence electrons. The molecule has 0 radical (unpaired) electrons. The van der Waals surface area contributed by atoms with Crippen molar-refractivity contribution in [3.8, 4) is 5.75 Å². The number of carbonyl (C=O) groups is 1. The molecule has 0 spiro atoms. The molecule has 28 heavy (non-hydrogen) atoms. The van der Waals surface area contributed by atoms with Crippen LogP contribution in [0.25, 0.3) is 6.08 Å². The minimum absolute atomic E-state index is 0.0689. The van der Waals surface area contributed by atoms with Crippen LogP contribution in [0.4, 0.5) is 15.8 Å². The number of halogens is 1. The number of fused-ring (bicyclic) bond motifs is 1. The van der Waals surface area contributed by atoms with E-state index in [1.54, 1.807) is 13.2 Å². The molecule has 0 aromatic heterocycles. The lowest BCUT2D eigenvalue weighted by atomic mass is 9.79. The first kappa shape index (κ1) is 19.1. The SMILES string of the molecule is COc1c(N2CCC(N)C(C)(C)C2)c(F)cc2c1N(C1CC1)CC(C(=O)O)=C2. The van der Waals surface area contributed by atoms with E-state index in [-0.39, 0.29) is 28.9 Å². The quantitative estimate of drug-likeness (QED) is 0.824. The number of aliphatic carboxylic acids is 1. The maximum Gasteiger partial charge on any atom is 0.333 e. The van der Waals surface area contributed by atoms with Crippen molar-refractivity contribution in [2.45, 2.75) is 45.2 Å². The summed E-state index contributed by atoms with van der Waals surface area (Å²) in [6.07, 6.45) is 4.37. The lowest BCUT2D eigenvalue weighted by molar-refractivity contribution is -0.132. The van der Waals surface area contributed by atoms with Crippen LogP contribution in [0.3, 0.4) is 0 Å². The van der Waals surface area contributed by atoms with E-state index in [1.807, 2.05) is 4.90 Å². The van der Waals surface area contributed by atoms with Gasteiger partial charge in [-0.25, -0.2) is 9.18 Å². The minimum Gasteiger partial charge on any atom is -0.492 e. The second-order valence-electron chi connectivity index (χ2n) is 8.82. The van der Waals surface area contributed by atoms with Crippen LogP contribution in [-0.2, 0) is 4.79 Å². The Hall–Kier alpha value is -2.28. The molecule has 1 aromatic rings. The Bertz CT molecular complexity index is 848. The Balaban J connectivity index is 1.84. The minimum atomic E-state index is -0.966. The Morgan fingerprint density at radius 3 is 2.61 bits per heavy atom. The number of methoxy groups -OCH3 is 1. The van der Waals surface area contributed by atoms with E-state index >= 15 is 4.39 Å². The number of carboxylic acid groups (broad SMARTS) is 1. The number of hydrogen-bond donors (Lipinski definition) is 2. The summed E-state index contributed by atoms with van der Waals surface area (Å²) in [5.41, 5.74) is 8.23. The molecule has 1 saturated carbocycles. The van der Waals surface area contributed by atoms with Gasteiger partial charge in [-0.15, -0.1) is 0 Å². The smallest absolute Gasteiger partial charge is 0.333 e. The highest BCUT2D eigenvalue weighted by molar-refractivity contribution is 5.98. The first-order valence-electron chi connectivity index (χ1n) is 9.84. The van der Waals surface area contributed by atoms with Gasteiger partial charge in [0, 0.05) is 30.7 Å². The van der Waals surface area contributed by atoms with Crippen LogP contribution in [0.2, 0.25) is 0 Å². The molecule has 0 bridgehead atoms. The summed E-state index contributed by atoms with van der Waals surface area (Å²) >= 11 is 0. The second-order valence-corrected chi connectivity index (χ2v) is 8.82. The molecule has 1 unspecified atom stereocenters. The van der Waals surface area contributed by atoms with Crippen molar-refractivity contribution in [3.63, 3.8) is 0 Å². The van der Waals surface area contributed by atoms with E-state index in [1.165, 1.54) is 6.07 Å². The van der Waals surface area contributed by atoms with Crippen LogP contribution in [0.15, 0.2) is 11.6 Å². The number of carboxylic acids is 1. The first-order chi connectivity index (χ1) is 13.2. The summed E-state index contributed by atoms with van der Waals surface area (Å²) in [4.78, 5) is 15.7. The predicted octanol–water partition coefficient (Wildman–Crippen LogP) is 2.85. The van der Waals surface area contributed by atoms with Crippen LogP contribution in [0.5, 0.6) is 5.75 Å². The van der Waals surface area contributed by atoms with Crippen molar-refractivity contribution in [2.75, 3.05) is 36.5 Å². The van der Waals surface area contributed by atoms with Crippen molar-refractivity contribution in [1.82, 2.24) is 0 Å². The van der Waals surface area contributed by atoms with E-state index in [4.69, 9.17) is 10.5 Å². The Morgan fingerprint density at radius 1 is 1.32 bits per heavy atom. The summed E-state index contributed by atoms with van der Waals surface area (Å²) in [5.74, 6) is -0.860. The third-order valence-corrected chi connectivity index (χ3v) is 6.26. The number of anilines is 2. The molecule has 1 saturated heterocycles. The summed E-state index contributed by atoms with van der Waals surface area (Å²) in [6.45, 7) is 5.82. The normalized spacial score (nSPS) is 23.9. The number of ether oxygens (including phenoxy) is 1. The molecule has 1 aromatic carbocycles. The average molecular weight is 389 g/mol. The van der Waals surface area contributed by atoms with Crippen LogP contribution in [-0.4, -0.2) is 49.9 Å². The third-order valence-electron chi connectivity index (χ3n) is 6.26. The zero-order chi connectivity index (χ0) is 20.2. The molecule has 4 rings (SSSR count). The van der Waals surface area contributed by atoms with E-state index in [2.05, 4.69) is 18.7 Å². The van der Waals surface area contributed by atoms with Crippen molar-refractivity contribution in [3.05, 3.63) is 23.0 Å². The molecule has 2 aliphatic heterocycles.